The number of nitrogens with one attached hydrogen (secondary N) is 2. The number of urea groups is 1. The van der Waals surface area contributed by atoms with E-state index in [1.807, 2.05) is 36.6 Å². The van der Waals surface area contributed by atoms with Crippen molar-refractivity contribution in [3.63, 3.8) is 0 Å². The monoisotopic (exact) mass is 333 g/mol. The number of aryl methyl sites for hydroxylation is 1. The van der Waals surface area contributed by atoms with E-state index < -0.39 is 0 Å². The van der Waals surface area contributed by atoms with Crippen molar-refractivity contribution in [3.05, 3.63) is 40.3 Å². The number of rotatable bonds is 5. The minimum Gasteiger partial charge on any atom is -0.486 e. The first-order chi connectivity index (χ1) is 11.2. The van der Waals surface area contributed by atoms with Crippen molar-refractivity contribution < 1.29 is 14.3 Å². The first kappa shape index (κ1) is 15.6. The number of thiazole rings is 1. The number of hydrogen-bond acceptors (Lipinski definition) is 5. The molecule has 0 radical (unpaired) electrons. The molecule has 1 atom stereocenters. The molecule has 2 aromatic rings. The van der Waals surface area contributed by atoms with Gasteiger partial charge in [0.1, 0.15) is 6.61 Å². The average molecular weight is 333 g/mol. The summed E-state index contributed by atoms with van der Waals surface area (Å²) in [6.45, 7) is 3.35. The van der Waals surface area contributed by atoms with E-state index in [4.69, 9.17) is 9.47 Å². The third-order valence-electron chi connectivity index (χ3n) is 3.39. The van der Waals surface area contributed by atoms with E-state index >= 15 is 0 Å². The van der Waals surface area contributed by atoms with E-state index in [1.165, 1.54) is 0 Å². The van der Waals surface area contributed by atoms with Gasteiger partial charge in [-0.25, -0.2) is 9.78 Å². The van der Waals surface area contributed by atoms with E-state index in [0.29, 0.717) is 25.4 Å². The lowest BCUT2D eigenvalue weighted by Crippen LogP contribution is -2.44. The molecule has 0 bridgehead atoms. The predicted octanol–water partition coefficient (Wildman–Crippen LogP) is 2.13. The molecule has 3 rings (SSSR count). The molecule has 7 heteroatoms. The number of hydrogen-bond donors (Lipinski definition) is 2. The Kier molecular flexibility index (Phi) is 4.97. The van der Waals surface area contributed by atoms with Crippen LogP contribution in [0.5, 0.6) is 11.5 Å². The first-order valence-corrected chi connectivity index (χ1v) is 8.40. The summed E-state index contributed by atoms with van der Waals surface area (Å²) in [7, 11) is 0. The molecule has 1 unspecified atom stereocenters. The Labute approximate surface area is 138 Å². The molecular weight excluding hydrogens is 314 g/mol. The zero-order valence-corrected chi connectivity index (χ0v) is 13.7. The smallest absolute Gasteiger partial charge is 0.314 e. The number of carbonyl (C=O) groups is 1. The van der Waals surface area contributed by atoms with Crippen molar-refractivity contribution in [1.29, 1.82) is 0 Å². The quantitative estimate of drug-likeness (QED) is 0.879. The van der Waals surface area contributed by atoms with Gasteiger partial charge in [-0.1, -0.05) is 12.1 Å². The van der Waals surface area contributed by atoms with Crippen LogP contribution < -0.4 is 20.1 Å². The van der Waals surface area contributed by atoms with Crippen LogP contribution in [-0.4, -0.2) is 36.8 Å². The minimum absolute atomic E-state index is 0.183. The number of carbonyl (C=O) groups excluding carboxylic acids is 1. The highest BCUT2D eigenvalue weighted by Crippen LogP contribution is 2.30. The van der Waals surface area contributed by atoms with Crippen LogP contribution in [0.4, 0.5) is 4.79 Å². The maximum Gasteiger partial charge on any atom is 0.314 e. The average Bonchev–Trinajstić information content (AvgIpc) is 2.98. The molecule has 0 fully saturated rings. The summed E-state index contributed by atoms with van der Waals surface area (Å²) >= 11 is 1.62. The standard InChI is InChI=1S/C16H19N3O3S/c1-11-19-12(10-23-11)6-7-17-16(20)18-8-13-9-21-14-4-2-3-5-15(14)22-13/h2-5,10,13H,6-9H2,1H3,(H2,17,18,20). The molecule has 0 spiro atoms. The second-order valence-corrected chi connectivity index (χ2v) is 6.30. The molecule has 2 heterocycles. The lowest BCUT2D eigenvalue weighted by molar-refractivity contribution is 0.0918. The van der Waals surface area contributed by atoms with Gasteiger partial charge in [-0.2, -0.15) is 0 Å². The van der Waals surface area contributed by atoms with Crippen LogP contribution in [-0.2, 0) is 6.42 Å². The minimum atomic E-state index is -0.209. The third-order valence-corrected chi connectivity index (χ3v) is 4.21. The highest BCUT2D eigenvalue weighted by Gasteiger charge is 2.20. The zero-order chi connectivity index (χ0) is 16.1. The molecule has 1 aliphatic rings. The first-order valence-electron chi connectivity index (χ1n) is 7.52. The van der Waals surface area contributed by atoms with Gasteiger partial charge in [-0.15, -0.1) is 11.3 Å². The Morgan fingerprint density at radius 3 is 2.96 bits per heavy atom. The van der Waals surface area contributed by atoms with E-state index in [-0.39, 0.29) is 12.1 Å². The van der Waals surface area contributed by atoms with Crippen molar-refractivity contribution in [2.24, 2.45) is 0 Å². The third kappa shape index (κ3) is 4.35. The van der Waals surface area contributed by atoms with Crippen molar-refractivity contribution in [2.75, 3.05) is 19.7 Å². The lowest BCUT2D eigenvalue weighted by Gasteiger charge is -2.26. The number of nitrogens with zero attached hydrogens (tertiary/aromatic N) is 1. The topological polar surface area (TPSA) is 72.5 Å². The Bertz CT molecular complexity index is 674. The van der Waals surface area contributed by atoms with Crippen molar-refractivity contribution in [3.8, 4) is 11.5 Å². The fourth-order valence-electron chi connectivity index (χ4n) is 2.26. The van der Waals surface area contributed by atoms with Crippen LogP contribution in [0.15, 0.2) is 29.6 Å². The zero-order valence-electron chi connectivity index (χ0n) is 12.9. The largest absolute Gasteiger partial charge is 0.486 e. The van der Waals surface area contributed by atoms with E-state index in [1.54, 1.807) is 11.3 Å². The summed E-state index contributed by atoms with van der Waals surface area (Å²) in [6, 6.07) is 7.31. The summed E-state index contributed by atoms with van der Waals surface area (Å²) in [5, 5.41) is 8.67. The number of ether oxygens (including phenoxy) is 2. The Balaban J connectivity index is 1.36. The van der Waals surface area contributed by atoms with Gasteiger partial charge in [0.25, 0.3) is 0 Å². The van der Waals surface area contributed by atoms with Crippen LogP contribution >= 0.6 is 11.3 Å². The van der Waals surface area contributed by atoms with E-state index in [0.717, 1.165) is 22.9 Å². The fourth-order valence-corrected chi connectivity index (χ4v) is 2.91. The van der Waals surface area contributed by atoms with Gasteiger partial charge in [-0.05, 0) is 19.1 Å². The second kappa shape index (κ2) is 7.32. The number of amides is 2. The molecule has 122 valence electrons. The second-order valence-electron chi connectivity index (χ2n) is 5.24. The highest BCUT2D eigenvalue weighted by molar-refractivity contribution is 7.09. The molecule has 1 aromatic carbocycles. The Hall–Kier alpha value is -2.28. The maximum atomic E-state index is 11.8. The van der Waals surface area contributed by atoms with Gasteiger partial charge in [-0.3, -0.25) is 0 Å². The van der Waals surface area contributed by atoms with Gasteiger partial charge in [0, 0.05) is 18.3 Å². The summed E-state index contributed by atoms with van der Waals surface area (Å²) < 4.78 is 11.4. The predicted molar refractivity (Wildman–Crippen MR) is 88.3 cm³/mol. The van der Waals surface area contributed by atoms with Gasteiger partial charge in [0.15, 0.2) is 17.6 Å². The van der Waals surface area contributed by atoms with Gasteiger partial charge >= 0.3 is 6.03 Å². The molecule has 0 saturated carbocycles. The molecule has 23 heavy (non-hydrogen) atoms. The molecule has 0 aliphatic carbocycles. The van der Waals surface area contributed by atoms with Gasteiger partial charge < -0.3 is 20.1 Å². The fraction of sp³-hybridized carbons (Fsp3) is 0.375. The van der Waals surface area contributed by atoms with E-state index in [9.17, 15) is 4.79 Å². The lowest BCUT2D eigenvalue weighted by atomic mass is 10.2. The van der Waals surface area contributed by atoms with Crippen molar-refractivity contribution in [1.82, 2.24) is 15.6 Å². The number of para-hydroxylation sites is 2. The summed E-state index contributed by atoms with van der Waals surface area (Å²) in [5.74, 6) is 1.46. The number of benzene rings is 1. The summed E-state index contributed by atoms with van der Waals surface area (Å²) in [5.41, 5.74) is 1.01. The Morgan fingerprint density at radius 1 is 1.35 bits per heavy atom. The Morgan fingerprint density at radius 2 is 2.17 bits per heavy atom. The number of aromatic nitrogens is 1. The maximum absolute atomic E-state index is 11.8. The number of fused-ring (bicyclic) bond motifs is 1. The molecule has 0 saturated heterocycles. The molecule has 1 aromatic heterocycles. The van der Waals surface area contributed by atoms with E-state index in [2.05, 4.69) is 15.6 Å². The van der Waals surface area contributed by atoms with Crippen LogP contribution in [0.25, 0.3) is 0 Å². The van der Waals surface area contributed by atoms with Crippen molar-refractivity contribution in [2.45, 2.75) is 19.4 Å². The summed E-state index contributed by atoms with van der Waals surface area (Å²) in [4.78, 5) is 16.1. The van der Waals surface area contributed by atoms with Crippen LogP contribution in [0.2, 0.25) is 0 Å². The molecule has 2 amide bonds. The van der Waals surface area contributed by atoms with Crippen LogP contribution in [0.3, 0.4) is 0 Å². The SMILES string of the molecule is Cc1nc(CCNC(=O)NCC2COc3ccccc3O2)cs1. The van der Waals surface area contributed by atoms with Crippen molar-refractivity contribution >= 4 is 17.4 Å². The molecule has 2 N–H and O–H groups in total. The normalized spacial score (nSPS) is 16.0. The van der Waals surface area contributed by atoms with Crippen LogP contribution in [0, 0.1) is 6.92 Å². The highest BCUT2D eigenvalue weighted by atomic mass is 32.1. The molecule has 6 nitrogen and oxygen atoms in total. The van der Waals surface area contributed by atoms with Gasteiger partial charge in [0.05, 0.1) is 17.2 Å². The molecule has 1 aliphatic heterocycles. The van der Waals surface area contributed by atoms with Crippen LogP contribution in [0.1, 0.15) is 10.7 Å². The molecular formula is C16H19N3O3S. The van der Waals surface area contributed by atoms with Gasteiger partial charge in [0.2, 0.25) is 0 Å². The summed E-state index contributed by atoms with van der Waals surface area (Å²) in [6.07, 6.45) is 0.547.